The third-order valence-corrected chi connectivity index (χ3v) is 3.75. The number of hydrogen-bond acceptors (Lipinski definition) is 5. The molecule has 7 nitrogen and oxygen atoms in total. The molecule has 1 saturated heterocycles. The number of nitrogens with one attached hydrogen (secondary N) is 2. The topological polar surface area (TPSA) is 91.2 Å². The van der Waals surface area contributed by atoms with Gasteiger partial charge < -0.3 is 19.6 Å². The molecule has 1 fully saturated rings. The fraction of sp³-hybridized carbons (Fsp3) is 0.357. The van der Waals surface area contributed by atoms with Gasteiger partial charge >= 0.3 is 0 Å². The summed E-state index contributed by atoms with van der Waals surface area (Å²) in [7, 11) is 0. The highest BCUT2D eigenvalue weighted by Crippen LogP contribution is 2.16. The molecule has 116 valence electrons. The number of aromatic nitrogens is 2. The second-order valence-corrected chi connectivity index (χ2v) is 5.48. The van der Waals surface area contributed by atoms with Gasteiger partial charge in [0.15, 0.2) is 16.8 Å². The molecule has 22 heavy (non-hydrogen) atoms. The van der Waals surface area contributed by atoms with Gasteiger partial charge in [-0.2, -0.15) is 0 Å². The van der Waals surface area contributed by atoms with Crippen LogP contribution in [0.25, 0.3) is 0 Å². The Morgan fingerprint density at radius 3 is 3.09 bits per heavy atom. The van der Waals surface area contributed by atoms with Crippen LogP contribution in [0.4, 0.5) is 5.82 Å². The fourth-order valence-corrected chi connectivity index (χ4v) is 2.70. The van der Waals surface area contributed by atoms with Gasteiger partial charge in [-0.25, -0.2) is 4.98 Å². The molecule has 0 saturated carbocycles. The molecule has 0 spiro atoms. The number of halogens is 1. The first kappa shape index (κ1) is 14.6. The Morgan fingerprint density at radius 2 is 2.36 bits per heavy atom. The number of amides is 1. The van der Waals surface area contributed by atoms with E-state index >= 15 is 0 Å². The van der Waals surface area contributed by atoms with Crippen molar-refractivity contribution in [2.24, 2.45) is 0 Å². The van der Waals surface area contributed by atoms with Crippen LogP contribution in [0.5, 0.6) is 0 Å². The first-order chi connectivity index (χ1) is 10.6. The molecule has 1 aliphatic rings. The molecule has 2 aromatic rings. The van der Waals surface area contributed by atoms with Crippen LogP contribution in [-0.4, -0.2) is 35.0 Å². The van der Waals surface area contributed by atoms with Crippen molar-refractivity contribution in [1.29, 1.82) is 0 Å². The van der Waals surface area contributed by atoms with Crippen molar-refractivity contribution in [3.8, 4) is 0 Å². The number of rotatable bonds is 3. The number of aromatic amines is 1. The highest BCUT2D eigenvalue weighted by atomic mass is 35.5. The molecule has 1 aliphatic heterocycles. The van der Waals surface area contributed by atoms with Crippen LogP contribution >= 0.6 is 11.6 Å². The van der Waals surface area contributed by atoms with Crippen LogP contribution < -0.4 is 15.8 Å². The summed E-state index contributed by atoms with van der Waals surface area (Å²) in [5.74, 6) is 0.244. The summed E-state index contributed by atoms with van der Waals surface area (Å²) in [4.78, 5) is 32.5. The predicted molar refractivity (Wildman–Crippen MR) is 81.3 cm³/mol. The maximum Gasteiger partial charge on any atom is 0.290 e. The van der Waals surface area contributed by atoms with E-state index in [0.29, 0.717) is 12.4 Å². The Morgan fingerprint density at radius 1 is 1.50 bits per heavy atom. The van der Waals surface area contributed by atoms with Crippen molar-refractivity contribution in [1.82, 2.24) is 15.3 Å². The van der Waals surface area contributed by atoms with E-state index in [4.69, 9.17) is 16.0 Å². The number of hydrogen-bond donors (Lipinski definition) is 2. The van der Waals surface area contributed by atoms with Gasteiger partial charge in [0, 0.05) is 31.5 Å². The Kier molecular flexibility index (Phi) is 4.15. The smallest absolute Gasteiger partial charge is 0.290 e. The van der Waals surface area contributed by atoms with Gasteiger partial charge in [-0.3, -0.25) is 9.59 Å². The molecule has 1 atom stereocenters. The molecule has 2 aromatic heterocycles. The van der Waals surface area contributed by atoms with Crippen molar-refractivity contribution in [3.05, 3.63) is 45.9 Å². The molecule has 0 radical (unpaired) electrons. The van der Waals surface area contributed by atoms with E-state index in [2.05, 4.69) is 15.3 Å². The molecule has 0 unspecified atom stereocenters. The Bertz CT molecular complexity index is 727. The van der Waals surface area contributed by atoms with Gasteiger partial charge in [0.1, 0.15) is 0 Å². The maximum atomic E-state index is 12.1. The number of nitrogens with zero attached hydrogens (tertiary/aromatic N) is 2. The number of piperidine rings is 1. The van der Waals surface area contributed by atoms with E-state index in [1.807, 2.05) is 4.90 Å². The lowest BCUT2D eigenvalue weighted by Gasteiger charge is -2.33. The molecule has 0 bridgehead atoms. The van der Waals surface area contributed by atoms with Crippen molar-refractivity contribution in [2.45, 2.75) is 18.9 Å². The first-order valence-corrected chi connectivity index (χ1v) is 7.36. The third-order valence-electron chi connectivity index (χ3n) is 3.54. The molecule has 1 amide bonds. The van der Waals surface area contributed by atoms with Gasteiger partial charge in [-0.15, -0.1) is 0 Å². The van der Waals surface area contributed by atoms with E-state index in [-0.39, 0.29) is 28.5 Å². The zero-order valence-corrected chi connectivity index (χ0v) is 12.5. The average molecular weight is 323 g/mol. The van der Waals surface area contributed by atoms with Gasteiger partial charge in [0.05, 0.1) is 0 Å². The molecular formula is C14H15ClN4O3. The maximum absolute atomic E-state index is 12.1. The van der Waals surface area contributed by atoms with E-state index < -0.39 is 0 Å². The summed E-state index contributed by atoms with van der Waals surface area (Å²) in [6.45, 7) is 1.26. The summed E-state index contributed by atoms with van der Waals surface area (Å²) < 4.78 is 5.09. The Labute approximate surface area is 131 Å². The first-order valence-electron chi connectivity index (χ1n) is 6.98. The van der Waals surface area contributed by atoms with Crippen LogP contribution in [0, 0.1) is 0 Å². The van der Waals surface area contributed by atoms with E-state index in [9.17, 15) is 9.59 Å². The predicted octanol–water partition coefficient (Wildman–Crippen LogP) is 1.42. The SMILES string of the molecule is O=C(N[C@@H]1CCCN(c2ncc[nH]c2=O)C1)c1ccc(Cl)o1. The molecule has 3 heterocycles. The third kappa shape index (κ3) is 3.14. The van der Waals surface area contributed by atoms with Gasteiger partial charge in [0.25, 0.3) is 11.5 Å². The van der Waals surface area contributed by atoms with Crippen LogP contribution in [0.1, 0.15) is 23.4 Å². The summed E-state index contributed by atoms with van der Waals surface area (Å²) >= 11 is 5.67. The lowest BCUT2D eigenvalue weighted by Crippen LogP contribution is -2.49. The number of H-pyrrole nitrogens is 1. The van der Waals surface area contributed by atoms with Crippen LogP contribution in [-0.2, 0) is 0 Å². The second-order valence-electron chi connectivity index (χ2n) is 5.10. The average Bonchev–Trinajstić information content (AvgIpc) is 2.95. The second kappa shape index (κ2) is 6.23. The lowest BCUT2D eigenvalue weighted by molar-refractivity contribution is 0.0905. The summed E-state index contributed by atoms with van der Waals surface area (Å²) in [6.07, 6.45) is 4.74. The van der Waals surface area contributed by atoms with Gasteiger partial charge in [0.2, 0.25) is 0 Å². The highest BCUT2D eigenvalue weighted by molar-refractivity contribution is 6.29. The van der Waals surface area contributed by atoms with Crippen molar-refractivity contribution in [3.63, 3.8) is 0 Å². The van der Waals surface area contributed by atoms with Gasteiger partial charge in [-0.05, 0) is 36.6 Å². The van der Waals surface area contributed by atoms with Crippen molar-refractivity contribution >= 4 is 23.3 Å². The van der Waals surface area contributed by atoms with Crippen molar-refractivity contribution < 1.29 is 9.21 Å². The Balaban J connectivity index is 1.67. The van der Waals surface area contributed by atoms with Crippen LogP contribution in [0.15, 0.2) is 33.7 Å². The van der Waals surface area contributed by atoms with E-state index in [1.54, 1.807) is 6.20 Å². The van der Waals surface area contributed by atoms with Crippen LogP contribution in [0.3, 0.4) is 0 Å². The molecule has 2 N–H and O–H groups in total. The monoisotopic (exact) mass is 322 g/mol. The highest BCUT2D eigenvalue weighted by Gasteiger charge is 2.24. The molecular weight excluding hydrogens is 308 g/mol. The van der Waals surface area contributed by atoms with E-state index in [0.717, 1.165) is 19.4 Å². The van der Waals surface area contributed by atoms with Crippen LogP contribution in [0.2, 0.25) is 5.22 Å². The minimum atomic E-state index is -0.311. The standard InChI is InChI=1S/C14H15ClN4O3/c15-11-4-3-10(22-11)13(20)18-9-2-1-7-19(8-9)12-14(21)17-6-5-16-12/h3-6,9H,1-2,7-8H2,(H,17,21)(H,18,20)/t9-/m1/s1. The van der Waals surface area contributed by atoms with Crippen molar-refractivity contribution in [2.75, 3.05) is 18.0 Å². The summed E-state index contributed by atoms with van der Waals surface area (Å²) in [5, 5.41) is 3.07. The minimum absolute atomic E-state index is 0.0773. The van der Waals surface area contributed by atoms with E-state index in [1.165, 1.54) is 18.3 Å². The largest absolute Gasteiger partial charge is 0.440 e. The minimum Gasteiger partial charge on any atom is -0.440 e. The quantitative estimate of drug-likeness (QED) is 0.891. The van der Waals surface area contributed by atoms with Gasteiger partial charge in [-0.1, -0.05) is 0 Å². The lowest BCUT2D eigenvalue weighted by atomic mass is 10.1. The molecule has 0 aromatic carbocycles. The molecule has 0 aliphatic carbocycles. The Hall–Kier alpha value is -2.28. The summed E-state index contributed by atoms with van der Waals surface area (Å²) in [5.41, 5.74) is -0.229. The molecule has 8 heteroatoms. The fourth-order valence-electron chi connectivity index (χ4n) is 2.55. The summed E-state index contributed by atoms with van der Waals surface area (Å²) in [6, 6.07) is 2.98. The zero-order valence-electron chi connectivity index (χ0n) is 11.7. The zero-order chi connectivity index (χ0) is 15.5. The number of carbonyl (C=O) groups excluding carboxylic acids is 1. The number of furan rings is 1. The normalized spacial score (nSPS) is 18.2. The number of anilines is 1. The number of carbonyl (C=O) groups is 1. The molecule has 3 rings (SSSR count).